The van der Waals surface area contributed by atoms with Crippen LogP contribution in [-0.4, -0.2) is 40.8 Å². The Balaban J connectivity index is -0.000000169. The monoisotopic (exact) mass is 455 g/mol. The zero-order valence-corrected chi connectivity index (χ0v) is 22.3. The minimum absolute atomic E-state index is 0. The molecule has 0 radical (unpaired) electrons. The molecule has 0 aromatic heterocycles. The van der Waals surface area contributed by atoms with Gasteiger partial charge >= 0.3 is 26.2 Å². The molecule has 0 atom stereocenters. The standard InChI is InChI=1S/C14H23.3C3H8N.Zr/c1-4-7-12-10-13(8-5-2)14(11-12)9-6-3;3*1-3-4-2;/h10-11H,4-9H2,1-3H3;3*3H2,1-2H3;/q4*-1;+4. The molecule has 0 saturated heterocycles. The molecule has 1 aromatic rings. The van der Waals surface area contributed by atoms with Crippen LogP contribution < -0.4 is 0 Å². The van der Waals surface area contributed by atoms with Crippen molar-refractivity contribution in [2.75, 3.05) is 40.8 Å². The van der Waals surface area contributed by atoms with Crippen LogP contribution in [0.3, 0.4) is 0 Å². The fraction of sp³-hybridized carbons (Fsp3) is 0.783. The second kappa shape index (κ2) is 30.8. The van der Waals surface area contributed by atoms with Gasteiger partial charge in [-0.3, -0.25) is 0 Å². The number of hydrogen-bond acceptors (Lipinski definition) is 0. The molecule has 3 nitrogen and oxygen atoms in total. The summed E-state index contributed by atoms with van der Waals surface area (Å²) in [6, 6.07) is 4.86. The van der Waals surface area contributed by atoms with Gasteiger partial charge in [-0.1, -0.05) is 80.1 Å². The Morgan fingerprint density at radius 3 is 1.41 bits per heavy atom. The summed E-state index contributed by atoms with van der Waals surface area (Å²) in [6.07, 6.45) is 7.58. The Labute approximate surface area is 191 Å². The van der Waals surface area contributed by atoms with E-state index in [0.717, 1.165) is 19.6 Å². The summed E-state index contributed by atoms with van der Waals surface area (Å²) in [7, 11) is 5.42. The third-order valence-electron chi connectivity index (χ3n) is 3.66. The van der Waals surface area contributed by atoms with Crippen molar-refractivity contribution in [3.63, 3.8) is 0 Å². The number of hydrogen-bond donors (Lipinski definition) is 0. The molecule has 0 aliphatic carbocycles. The van der Waals surface area contributed by atoms with E-state index in [1.807, 2.05) is 20.8 Å². The van der Waals surface area contributed by atoms with Crippen molar-refractivity contribution in [2.45, 2.75) is 80.1 Å². The molecular formula is C23H47N3Zr. The first-order valence-corrected chi connectivity index (χ1v) is 10.5. The van der Waals surface area contributed by atoms with Gasteiger partial charge in [0, 0.05) is 0 Å². The molecular weight excluding hydrogens is 409 g/mol. The largest absolute Gasteiger partial charge is 4.00 e. The summed E-state index contributed by atoms with van der Waals surface area (Å²) < 4.78 is 0. The van der Waals surface area contributed by atoms with Gasteiger partial charge in [0.2, 0.25) is 0 Å². The van der Waals surface area contributed by atoms with Crippen molar-refractivity contribution in [1.29, 1.82) is 0 Å². The molecule has 0 fully saturated rings. The molecule has 0 aliphatic heterocycles. The minimum Gasteiger partial charge on any atom is -0.665 e. The molecule has 1 aromatic carbocycles. The van der Waals surface area contributed by atoms with E-state index in [2.05, 4.69) is 48.9 Å². The first-order valence-electron chi connectivity index (χ1n) is 10.5. The summed E-state index contributed by atoms with van der Waals surface area (Å²) in [5.41, 5.74) is 4.77. The molecule has 4 heteroatoms. The van der Waals surface area contributed by atoms with Crippen LogP contribution >= 0.6 is 0 Å². The van der Waals surface area contributed by atoms with Crippen LogP contribution in [-0.2, 0) is 45.5 Å². The van der Waals surface area contributed by atoms with E-state index < -0.39 is 0 Å². The molecule has 0 unspecified atom stereocenters. The van der Waals surface area contributed by atoms with Crippen LogP contribution in [0.4, 0.5) is 0 Å². The fourth-order valence-corrected chi connectivity index (χ4v) is 2.11. The Hall–Kier alpha value is 0.113. The summed E-state index contributed by atoms with van der Waals surface area (Å²) in [4.78, 5) is 0. The van der Waals surface area contributed by atoms with Crippen molar-refractivity contribution in [3.8, 4) is 0 Å². The van der Waals surface area contributed by atoms with Gasteiger partial charge in [-0.25, -0.2) is 6.07 Å². The molecule has 0 spiro atoms. The second-order valence-electron chi connectivity index (χ2n) is 6.06. The van der Waals surface area contributed by atoms with Gasteiger partial charge in [0.15, 0.2) is 0 Å². The molecule has 0 bridgehead atoms. The Morgan fingerprint density at radius 1 is 0.704 bits per heavy atom. The minimum atomic E-state index is 0. The molecule has 0 amide bonds. The second-order valence-corrected chi connectivity index (χ2v) is 6.06. The van der Waals surface area contributed by atoms with E-state index in [-0.39, 0.29) is 26.2 Å². The Morgan fingerprint density at radius 2 is 1.11 bits per heavy atom. The molecule has 27 heavy (non-hydrogen) atoms. The van der Waals surface area contributed by atoms with E-state index in [0.29, 0.717) is 0 Å². The van der Waals surface area contributed by atoms with Crippen LogP contribution in [0.5, 0.6) is 0 Å². The van der Waals surface area contributed by atoms with Crippen LogP contribution in [0.15, 0.2) is 12.1 Å². The number of aryl methyl sites for hydroxylation is 3. The van der Waals surface area contributed by atoms with Crippen molar-refractivity contribution in [1.82, 2.24) is 0 Å². The maximum Gasteiger partial charge on any atom is 4.00 e. The van der Waals surface area contributed by atoms with E-state index in [4.69, 9.17) is 0 Å². The first-order chi connectivity index (χ1) is 12.6. The number of rotatable bonds is 9. The van der Waals surface area contributed by atoms with Crippen LogP contribution in [0.25, 0.3) is 16.0 Å². The summed E-state index contributed by atoms with van der Waals surface area (Å²) in [5.74, 6) is 0. The maximum absolute atomic E-state index is 3.74. The molecule has 0 aliphatic rings. The summed E-state index contributed by atoms with van der Waals surface area (Å²) >= 11 is 0. The first kappa shape index (κ1) is 34.6. The average molecular weight is 457 g/mol. The van der Waals surface area contributed by atoms with E-state index >= 15 is 0 Å². The smallest absolute Gasteiger partial charge is 0.665 e. The van der Waals surface area contributed by atoms with Crippen molar-refractivity contribution >= 4 is 0 Å². The zero-order chi connectivity index (χ0) is 20.6. The Bertz CT molecular complexity index is 312. The van der Waals surface area contributed by atoms with Crippen molar-refractivity contribution in [2.24, 2.45) is 0 Å². The van der Waals surface area contributed by atoms with Crippen LogP contribution in [0.2, 0.25) is 0 Å². The molecule has 158 valence electrons. The third-order valence-corrected chi connectivity index (χ3v) is 3.66. The predicted octanol–water partition coefficient (Wildman–Crippen LogP) is 7.29. The maximum atomic E-state index is 3.74. The van der Waals surface area contributed by atoms with Gasteiger partial charge in [0.05, 0.1) is 0 Å². The van der Waals surface area contributed by atoms with E-state index in [9.17, 15) is 0 Å². The fourth-order valence-electron chi connectivity index (χ4n) is 2.11. The number of nitrogens with zero attached hydrogens (tertiary/aromatic N) is 3. The quantitative estimate of drug-likeness (QED) is 0.350. The molecule has 1 rings (SSSR count). The SMILES string of the molecule is CCCc1cc(CCC)[c-](CCC)c1.CC[N-]C.CC[N-]C.CC[N-]C.[Zr+4]. The predicted molar refractivity (Wildman–Crippen MR) is 123 cm³/mol. The summed E-state index contributed by atoms with van der Waals surface area (Å²) in [5, 5.41) is 11.2. The third kappa shape index (κ3) is 26.1. The average Bonchev–Trinajstić information content (AvgIpc) is 3.04. The van der Waals surface area contributed by atoms with Crippen molar-refractivity contribution < 1.29 is 26.2 Å². The molecule has 0 saturated carbocycles. The van der Waals surface area contributed by atoms with Gasteiger partial charge in [0.25, 0.3) is 0 Å². The summed E-state index contributed by atoms with van der Waals surface area (Å²) in [6.45, 7) is 15.7. The normalized spacial score (nSPS) is 8.93. The van der Waals surface area contributed by atoms with Crippen molar-refractivity contribution in [3.05, 3.63) is 44.8 Å². The van der Waals surface area contributed by atoms with E-state index in [1.165, 1.54) is 38.5 Å². The van der Waals surface area contributed by atoms with Gasteiger partial charge in [0.1, 0.15) is 0 Å². The van der Waals surface area contributed by atoms with Gasteiger partial charge in [-0.05, 0) is 0 Å². The topological polar surface area (TPSA) is 42.3 Å². The zero-order valence-electron chi connectivity index (χ0n) is 19.9. The molecule has 0 heterocycles. The van der Waals surface area contributed by atoms with Crippen LogP contribution in [0.1, 0.15) is 77.5 Å². The van der Waals surface area contributed by atoms with Gasteiger partial charge in [-0.2, -0.15) is 63.5 Å². The van der Waals surface area contributed by atoms with Crippen LogP contribution in [0, 0.1) is 0 Å². The Kier molecular flexibility index (Phi) is 39.5. The molecule has 0 N–H and O–H groups in total. The van der Waals surface area contributed by atoms with E-state index in [1.54, 1.807) is 37.8 Å². The van der Waals surface area contributed by atoms with Gasteiger partial charge < -0.3 is 16.0 Å². The van der Waals surface area contributed by atoms with Gasteiger partial charge in [-0.15, -0.1) is 0 Å².